The Balaban J connectivity index is 1.71. The van der Waals surface area contributed by atoms with Crippen molar-refractivity contribution >= 4 is 23.2 Å². The first-order chi connectivity index (χ1) is 11.0. The van der Waals surface area contributed by atoms with Crippen molar-refractivity contribution in [2.75, 3.05) is 32.7 Å². The first-order valence-electron chi connectivity index (χ1n) is 8.38. The molecule has 1 aromatic rings. The van der Waals surface area contributed by atoms with E-state index in [1.807, 2.05) is 21.7 Å². The maximum atomic E-state index is 12.6. The van der Waals surface area contributed by atoms with Crippen LogP contribution < -0.4 is 5.32 Å². The minimum Gasteiger partial charge on any atom is -0.353 e. The molecule has 2 amide bonds. The van der Waals surface area contributed by atoms with Crippen molar-refractivity contribution in [3.05, 3.63) is 22.4 Å². The van der Waals surface area contributed by atoms with Crippen LogP contribution in [0.5, 0.6) is 0 Å². The molecule has 0 atom stereocenters. The highest BCUT2D eigenvalue weighted by Gasteiger charge is 2.48. The van der Waals surface area contributed by atoms with Crippen LogP contribution in [0.3, 0.4) is 0 Å². The molecule has 5 nitrogen and oxygen atoms in total. The summed E-state index contributed by atoms with van der Waals surface area (Å²) < 4.78 is 0. The normalized spacial score (nSPS) is 21.7. The van der Waals surface area contributed by atoms with Crippen LogP contribution in [0.1, 0.15) is 37.0 Å². The summed E-state index contributed by atoms with van der Waals surface area (Å²) in [6, 6.07) is 1.87. The Hall–Kier alpha value is -1.40. The van der Waals surface area contributed by atoms with E-state index in [2.05, 4.69) is 24.1 Å². The van der Waals surface area contributed by atoms with Gasteiger partial charge in [-0.15, -0.1) is 0 Å². The fourth-order valence-electron chi connectivity index (χ4n) is 3.73. The van der Waals surface area contributed by atoms with E-state index in [0.29, 0.717) is 19.0 Å². The van der Waals surface area contributed by atoms with Gasteiger partial charge in [-0.2, -0.15) is 11.3 Å². The Morgan fingerprint density at radius 3 is 2.70 bits per heavy atom. The SMILES string of the molecule is CC(C)CN1CCNC(=O)C12CCN(C(=O)c1ccsc1)CC2. The summed E-state index contributed by atoms with van der Waals surface area (Å²) in [7, 11) is 0. The van der Waals surface area contributed by atoms with Gasteiger partial charge in [-0.1, -0.05) is 13.8 Å². The van der Waals surface area contributed by atoms with Crippen molar-refractivity contribution in [2.45, 2.75) is 32.2 Å². The summed E-state index contributed by atoms with van der Waals surface area (Å²) >= 11 is 1.54. The number of amides is 2. The summed E-state index contributed by atoms with van der Waals surface area (Å²) in [6.45, 7) is 8.25. The molecule has 1 spiro atoms. The van der Waals surface area contributed by atoms with Crippen molar-refractivity contribution in [1.82, 2.24) is 15.1 Å². The summed E-state index contributed by atoms with van der Waals surface area (Å²) in [4.78, 5) is 29.3. The lowest BCUT2D eigenvalue weighted by Gasteiger charge is -2.50. The van der Waals surface area contributed by atoms with Crippen molar-refractivity contribution in [3.8, 4) is 0 Å². The fraction of sp³-hybridized carbons (Fsp3) is 0.647. The van der Waals surface area contributed by atoms with E-state index in [1.54, 1.807) is 11.3 Å². The first kappa shape index (κ1) is 16.5. The molecule has 2 saturated heterocycles. The molecule has 0 aliphatic carbocycles. The number of piperazine rings is 1. The number of likely N-dealkylation sites (tertiary alicyclic amines) is 1. The van der Waals surface area contributed by atoms with Gasteiger partial charge in [-0.25, -0.2) is 0 Å². The van der Waals surface area contributed by atoms with Gasteiger partial charge in [0, 0.05) is 38.1 Å². The van der Waals surface area contributed by atoms with Gasteiger partial charge in [-0.3, -0.25) is 14.5 Å². The highest BCUT2D eigenvalue weighted by atomic mass is 32.1. The average molecular weight is 335 g/mol. The largest absolute Gasteiger partial charge is 0.353 e. The van der Waals surface area contributed by atoms with Gasteiger partial charge in [0.2, 0.25) is 5.91 Å². The zero-order valence-corrected chi connectivity index (χ0v) is 14.7. The molecule has 0 radical (unpaired) electrons. The number of thiophene rings is 1. The number of carbonyl (C=O) groups excluding carboxylic acids is 2. The third-order valence-corrected chi connectivity index (χ3v) is 5.61. The average Bonchev–Trinajstić information content (AvgIpc) is 3.06. The van der Waals surface area contributed by atoms with Crippen LogP contribution in [-0.4, -0.2) is 59.9 Å². The molecule has 0 bridgehead atoms. The predicted molar refractivity (Wildman–Crippen MR) is 91.6 cm³/mol. The quantitative estimate of drug-likeness (QED) is 0.917. The second kappa shape index (κ2) is 6.61. The number of hydrogen-bond donors (Lipinski definition) is 1. The van der Waals surface area contributed by atoms with E-state index in [-0.39, 0.29) is 11.8 Å². The summed E-state index contributed by atoms with van der Waals surface area (Å²) in [5.41, 5.74) is 0.339. The van der Waals surface area contributed by atoms with Crippen molar-refractivity contribution in [2.24, 2.45) is 5.92 Å². The van der Waals surface area contributed by atoms with Crippen molar-refractivity contribution in [3.63, 3.8) is 0 Å². The van der Waals surface area contributed by atoms with Gasteiger partial charge in [0.25, 0.3) is 5.91 Å². The van der Waals surface area contributed by atoms with E-state index >= 15 is 0 Å². The van der Waals surface area contributed by atoms with Gasteiger partial charge >= 0.3 is 0 Å². The molecule has 1 aromatic heterocycles. The Kier molecular flexibility index (Phi) is 4.73. The van der Waals surface area contributed by atoms with Gasteiger partial charge in [0.05, 0.1) is 5.56 Å². The van der Waals surface area contributed by atoms with Gasteiger partial charge in [-0.05, 0) is 30.2 Å². The molecule has 3 rings (SSSR count). The van der Waals surface area contributed by atoms with Crippen LogP contribution in [0.15, 0.2) is 16.8 Å². The molecule has 6 heteroatoms. The number of carbonyl (C=O) groups is 2. The molecule has 2 aliphatic heterocycles. The van der Waals surface area contributed by atoms with Crippen LogP contribution in [0.25, 0.3) is 0 Å². The topological polar surface area (TPSA) is 52.7 Å². The number of nitrogens with one attached hydrogen (secondary N) is 1. The molecule has 0 saturated carbocycles. The van der Waals surface area contributed by atoms with Crippen LogP contribution >= 0.6 is 11.3 Å². The molecular formula is C17H25N3O2S. The molecule has 23 heavy (non-hydrogen) atoms. The van der Waals surface area contributed by atoms with E-state index in [4.69, 9.17) is 0 Å². The highest BCUT2D eigenvalue weighted by Crippen LogP contribution is 2.32. The predicted octanol–water partition coefficient (Wildman–Crippen LogP) is 1.81. The van der Waals surface area contributed by atoms with Crippen LogP contribution in [0, 0.1) is 5.92 Å². The third-order valence-electron chi connectivity index (χ3n) is 4.93. The second-order valence-electron chi connectivity index (χ2n) is 6.93. The Morgan fingerprint density at radius 2 is 2.09 bits per heavy atom. The smallest absolute Gasteiger partial charge is 0.254 e. The van der Waals surface area contributed by atoms with E-state index in [9.17, 15) is 9.59 Å². The minimum atomic E-state index is -0.423. The lowest BCUT2D eigenvalue weighted by atomic mass is 9.82. The first-order valence-corrected chi connectivity index (χ1v) is 9.32. The van der Waals surface area contributed by atoms with Gasteiger partial charge in [0.15, 0.2) is 0 Å². The Bertz CT molecular complexity index is 562. The summed E-state index contributed by atoms with van der Waals surface area (Å²) in [5, 5.41) is 6.86. The zero-order valence-electron chi connectivity index (χ0n) is 13.9. The minimum absolute atomic E-state index is 0.0905. The fourth-order valence-corrected chi connectivity index (χ4v) is 4.35. The van der Waals surface area contributed by atoms with Gasteiger partial charge in [0.1, 0.15) is 5.54 Å². The highest BCUT2D eigenvalue weighted by molar-refractivity contribution is 7.08. The van der Waals surface area contributed by atoms with Gasteiger partial charge < -0.3 is 10.2 Å². The third kappa shape index (κ3) is 3.15. The van der Waals surface area contributed by atoms with Crippen molar-refractivity contribution < 1.29 is 9.59 Å². The lowest BCUT2D eigenvalue weighted by Crippen LogP contribution is -2.68. The molecule has 2 aliphatic rings. The van der Waals surface area contributed by atoms with Crippen LogP contribution in [0.2, 0.25) is 0 Å². The Morgan fingerprint density at radius 1 is 1.35 bits per heavy atom. The van der Waals surface area contributed by atoms with Crippen LogP contribution in [-0.2, 0) is 4.79 Å². The molecule has 1 N–H and O–H groups in total. The standard InChI is InChI=1S/C17H25N3O2S/c1-13(2)11-20-9-6-18-16(22)17(20)4-7-19(8-5-17)15(21)14-3-10-23-12-14/h3,10,12-13H,4-9,11H2,1-2H3,(H,18,22). The molecular weight excluding hydrogens is 310 g/mol. The molecule has 0 unspecified atom stereocenters. The Labute approximate surface area is 141 Å². The van der Waals surface area contributed by atoms with Crippen LogP contribution in [0.4, 0.5) is 0 Å². The van der Waals surface area contributed by atoms with E-state index in [0.717, 1.165) is 38.0 Å². The molecule has 0 aromatic carbocycles. The summed E-state index contributed by atoms with van der Waals surface area (Å²) in [5.74, 6) is 0.767. The lowest BCUT2D eigenvalue weighted by molar-refractivity contribution is -0.141. The monoisotopic (exact) mass is 335 g/mol. The van der Waals surface area contributed by atoms with E-state index < -0.39 is 5.54 Å². The number of piperidine rings is 1. The number of nitrogens with zero attached hydrogens (tertiary/aromatic N) is 2. The molecule has 3 heterocycles. The number of hydrogen-bond acceptors (Lipinski definition) is 4. The number of rotatable bonds is 3. The van der Waals surface area contributed by atoms with E-state index in [1.165, 1.54) is 0 Å². The summed E-state index contributed by atoms with van der Waals surface area (Å²) in [6.07, 6.45) is 1.45. The molecule has 2 fully saturated rings. The second-order valence-corrected chi connectivity index (χ2v) is 7.71. The maximum absolute atomic E-state index is 12.6. The maximum Gasteiger partial charge on any atom is 0.254 e. The van der Waals surface area contributed by atoms with Crippen molar-refractivity contribution in [1.29, 1.82) is 0 Å². The zero-order chi connectivity index (χ0) is 16.4. The molecule has 126 valence electrons.